The van der Waals surface area contributed by atoms with Gasteiger partial charge in [0.25, 0.3) is 0 Å². The van der Waals surface area contributed by atoms with Crippen molar-refractivity contribution in [2.45, 2.75) is 11.4 Å². The van der Waals surface area contributed by atoms with Crippen molar-refractivity contribution in [2.75, 3.05) is 19.1 Å². The second-order valence-corrected chi connectivity index (χ2v) is 6.72. The van der Waals surface area contributed by atoms with Gasteiger partial charge >= 0.3 is 5.97 Å². The molecule has 8 heteroatoms. The Morgan fingerprint density at radius 1 is 1.25 bits per heavy atom. The van der Waals surface area contributed by atoms with Gasteiger partial charge in [-0.3, -0.25) is 0 Å². The summed E-state index contributed by atoms with van der Waals surface area (Å²) in [5.74, 6) is -1.08. The van der Waals surface area contributed by atoms with E-state index in [0.717, 1.165) is 6.07 Å². The van der Waals surface area contributed by atoms with E-state index in [2.05, 4.69) is 0 Å². The minimum absolute atomic E-state index is 0.0304. The Morgan fingerprint density at radius 3 is 2.50 bits per heavy atom. The molecule has 0 amide bonds. The molecule has 0 aliphatic heterocycles. The van der Waals surface area contributed by atoms with Crippen molar-refractivity contribution in [1.82, 2.24) is 0 Å². The fourth-order valence-electron chi connectivity index (χ4n) is 2.27. The van der Waals surface area contributed by atoms with Crippen molar-refractivity contribution < 1.29 is 22.3 Å². The third kappa shape index (κ3) is 3.90. The van der Waals surface area contributed by atoms with Gasteiger partial charge in [-0.15, -0.1) is 0 Å². The summed E-state index contributed by atoms with van der Waals surface area (Å²) in [6.45, 7) is 0.186. The lowest BCUT2D eigenvalue weighted by Crippen LogP contribution is -2.21. The van der Waals surface area contributed by atoms with Gasteiger partial charge in [0.15, 0.2) is 0 Å². The van der Waals surface area contributed by atoms with Crippen molar-refractivity contribution in [3.05, 3.63) is 59.4 Å². The topological polar surface area (TPSA) is 89.7 Å². The van der Waals surface area contributed by atoms with E-state index in [1.807, 2.05) is 0 Å². The van der Waals surface area contributed by atoms with Gasteiger partial charge in [0.1, 0.15) is 5.82 Å². The van der Waals surface area contributed by atoms with Crippen LogP contribution in [-0.4, -0.2) is 28.5 Å². The van der Waals surface area contributed by atoms with Gasteiger partial charge in [0, 0.05) is 19.2 Å². The monoisotopic (exact) mass is 352 g/mol. The third-order valence-corrected chi connectivity index (χ3v) is 4.39. The van der Waals surface area contributed by atoms with Gasteiger partial charge in [-0.25, -0.2) is 22.7 Å². The van der Waals surface area contributed by atoms with E-state index in [1.54, 1.807) is 30.1 Å². The van der Waals surface area contributed by atoms with E-state index >= 15 is 0 Å². The quantitative estimate of drug-likeness (QED) is 0.830. The zero-order valence-corrected chi connectivity index (χ0v) is 14.0. The number of ether oxygens (including phenoxy) is 1. The Bertz CT molecular complexity index is 868. The van der Waals surface area contributed by atoms with Crippen LogP contribution in [0.2, 0.25) is 0 Å². The van der Waals surface area contributed by atoms with Crippen molar-refractivity contribution >= 4 is 21.7 Å². The van der Waals surface area contributed by atoms with E-state index in [-0.39, 0.29) is 22.8 Å². The molecular formula is C16H17FN2O4S. The number of methoxy groups -OCH3 is 1. The molecule has 0 saturated carbocycles. The minimum Gasteiger partial charge on any atom is -0.465 e. The molecule has 2 aromatic rings. The summed E-state index contributed by atoms with van der Waals surface area (Å²) in [5.41, 5.74) is 0.867. The lowest BCUT2D eigenvalue weighted by molar-refractivity contribution is 0.0601. The van der Waals surface area contributed by atoms with Crippen molar-refractivity contribution in [1.29, 1.82) is 0 Å². The number of carbonyl (C=O) groups excluding carboxylic acids is 1. The first-order chi connectivity index (χ1) is 11.2. The molecule has 0 bridgehead atoms. The Kier molecular flexibility index (Phi) is 5.20. The van der Waals surface area contributed by atoms with Crippen molar-refractivity contribution in [3.8, 4) is 0 Å². The van der Waals surface area contributed by atoms with E-state index in [0.29, 0.717) is 11.3 Å². The van der Waals surface area contributed by atoms with Crippen LogP contribution in [0.25, 0.3) is 0 Å². The summed E-state index contributed by atoms with van der Waals surface area (Å²) in [6.07, 6.45) is 0. The Labute approximate surface area is 139 Å². The summed E-state index contributed by atoms with van der Waals surface area (Å²) >= 11 is 0. The molecule has 0 spiro atoms. The molecule has 24 heavy (non-hydrogen) atoms. The van der Waals surface area contributed by atoms with E-state index < -0.39 is 16.0 Å². The number of hydrogen-bond donors (Lipinski definition) is 1. The maximum Gasteiger partial charge on any atom is 0.340 e. The fourth-order valence-corrected chi connectivity index (χ4v) is 2.81. The normalized spacial score (nSPS) is 11.2. The van der Waals surface area contributed by atoms with Crippen LogP contribution < -0.4 is 10.0 Å². The second-order valence-electron chi connectivity index (χ2n) is 5.16. The highest BCUT2D eigenvalue weighted by Gasteiger charge is 2.20. The standard InChI is InChI=1S/C16H17FN2O4S/c1-19(10-11-5-3-4-6-14(11)17)15-8-7-12(24(18,21)22)9-13(15)16(20)23-2/h3-9H,10H2,1-2H3,(H2,18,21,22). The number of nitrogens with two attached hydrogens (primary N) is 1. The van der Waals surface area contributed by atoms with Crippen LogP contribution in [0.15, 0.2) is 47.4 Å². The molecule has 2 N–H and O–H groups in total. The summed E-state index contributed by atoms with van der Waals surface area (Å²) in [4.78, 5) is 13.4. The van der Waals surface area contributed by atoms with E-state index in [4.69, 9.17) is 9.88 Å². The van der Waals surface area contributed by atoms with Crippen LogP contribution in [0.4, 0.5) is 10.1 Å². The van der Waals surface area contributed by atoms with Crippen molar-refractivity contribution in [3.63, 3.8) is 0 Å². The number of halogens is 1. The maximum absolute atomic E-state index is 13.8. The molecule has 0 atom stereocenters. The van der Waals surface area contributed by atoms with Gasteiger partial charge in [-0.2, -0.15) is 0 Å². The number of esters is 1. The summed E-state index contributed by atoms with van der Waals surface area (Å²) in [6, 6.07) is 10.1. The smallest absolute Gasteiger partial charge is 0.340 e. The molecular weight excluding hydrogens is 335 g/mol. The summed E-state index contributed by atoms with van der Waals surface area (Å²) in [5, 5.41) is 5.09. The molecule has 0 aliphatic carbocycles. The average Bonchev–Trinajstić information content (AvgIpc) is 2.54. The molecule has 0 unspecified atom stereocenters. The largest absolute Gasteiger partial charge is 0.465 e. The zero-order valence-electron chi connectivity index (χ0n) is 13.2. The van der Waals surface area contributed by atoms with Crippen LogP contribution in [-0.2, 0) is 21.3 Å². The number of anilines is 1. The SMILES string of the molecule is COC(=O)c1cc(S(N)(=O)=O)ccc1N(C)Cc1ccccc1F. The molecule has 2 rings (SSSR count). The summed E-state index contributed by atoms with van der Waals surface area (Å²) < 4.78 is 41.4. The van der Waals surface area contributed by atoms with Gasteiger partial charge in [0.05, 0.1) is 23.3 Å². The van der Waals surface area contributed by atoms with Crippen LogP contribution in [0.5, 0.6) is 0 Å². The highest BCUT2D eigenvalue weighted by molar-refractivity contribution is 7.89. The highest BCUT2D eigenvalue weighted by atomic mass is 32.2. The number of primary sulfonamides is 1. The van der Waals surface area contributed by atoms with Crippen LogP contribution in [0, 0.1) is 5.82 Å². The highest BCUT2D eigenvalue weighted by Crippen LogP contribution is 2.25. The van der Waals surface area contributed by atoms with Gasteiger partial charge < -0.3 is 9.64 Å². The van der Waals surface area contributed by atoms with E-state index in [1.165, 1.54) is 25.3 Å². The number of benzene rings is 2. The molecule has 128 valence electrons. The third-order valence-electron chi connectivity index (χ3n) is 3.48. The van der Waals surface area contributed by atoms with Gasteiger partial charge in [-0.05, 0) is 24.3 Å². The van der Waals surface area contributed by atoms with Gasteiger partial charge in [0.2, 0.25) is 10.0 Å². The predicted octanol–water partition coefficient (Wildman–Crippen LogP) is 1.90. The van der Waals surface area contributed by atoms with Crippen LogP contribution in [0.1, 0.15) is 15.9 Å². The molecule has 0 aromatic heterocycles. The molecule has 0 aliphatic rings. The zero-order chi connectivity index (χ0) is 17.9. The number of sulfonamides is 1. The number of hydrogen-bond acceptors (Lipinski definition) is 5. The summed E-state index contributed by atoms with van der Waals surface area (Å²) in [7, 11) is -1.12. The number of nitrogens with zero attached hydrogens (tertiary/aromatic N) is 1. The second kappa shape index (κ2) is 6.98. The molecule has 0 heterocycles. The Balaban J connectivity index is 2.45. The molecule has 0 saturated heterocycles. The molecule has 2 aromatic carbocycles. The minimum atomic E-state index is -3.96. The fraction of sp³-hybridized carbons (Fsp3) is 0.188. The first-order valence-corrected chi connectivity index (χ1v) is 8.48. The molecule has 6 nitrogen and oxygen atoms in total. The van der Waals surface area contributed by atoms with E-state index in [9.17, 15) is 17.6 Å². The maximum atomic E-state index is 13.8. The lowest BCUT2D eigenvalue weighted by Gasteiger charge is -2.22. The lowest BCUT2D eigenvalue weighted by atomic mass is 10.1. The first kappa shape index (κ1) is 17.9. The van der Waals surface area contributed by atoms with Crippen LogP contribution in [0.3, 0.4) is 0 Å². The number of carbonyl (C=O) groups is 1. The first-order valence-electron chi connectivity index (χ1n) is 6.93. The average molecular weight is 352 g/mol. The van der Waals surface area contributed by atoms with Crippen molar-refractivity contribution in [2.24, 2.45) is 5.14 Å². The molecule has 0 radical (unpaired) electrons. The Hall–Kier alpha value is -2.45. The number of rotatable bonds is 5. The molecule has 0 fully saturated rings. The van der Waals surface area contributed by atoms with Crippen LogP contribution >= 0.6 is 0 Å². The Morgan fingerprint density at radius 2 is 1.92 bits per heavy atom. The van der Waals surface area contributed by atoms with Gasteiger partial charge in [-0.1, -0.05) is 18.2 Å². The predicted molar refractivity (Wildman–Crippen MR) is 87.7 cm³/mol.